The number of nitrogens with one attached hydrogen (secondary N) is 1. The molecule has 1 N–H and O–H groups in total. The molecule has 0 aliphatic carbocycles. The zero-order valence-corrected chi connectivity index (χ0v) is 15.5. The highest BCUT2D eigenvalue weighted by molar-refractivity contribution is 14.1. The van der Waals surface area contributed by atoms with Gasteiger partial charge in [-0.15, -0.1) is 0 Å². The normalized spacial score (nSPS) is 10.6. The lowest BCUT2D eigenvalue weighted by Gasteiger charge is -2.13. The fourth-order valence-electron chi connectivity index (χ4n) is 1.82. The Morgan fingerprint density at radius 3 is 2.81 bits per heavy atom. The van der Waals surface area contributed by atoms with E-state index in [9.17, 15) is 0 Å². The molecule has 0 heterocycles. The summed E-state index contributed by atoms with van der Waals surface area (Å²) in [5.74, 6) is 1.70. The van der Waals surface area contributed by atoms with Gasteiger partial charge >= 0.3 is 0 Å². The van der Waals surface area contributed by atoms with Crippen LogP contribution in [0.1, 0.15) is 5.56 Å². The van der Waals surface area contributed by atoms with Crippen LogP contribution in [-0.2, 0) is 11.3 Å². The van der Waals surface area contributed by atoms with Crippen molar-refractivity contribution in [2.45, 2.75) is 6.54 Å². The standard InChI is InChI=1S/C16H17BrINO2/c1-20-8-7-19-11-12-5-6-13(17)9-16(12)21-15-4-2-3-14(18)10-15/h2-6,9-10,19H,7-8,11H2,1H3. The molecule has 0 bridgehead atoms. The van der Waals surface area contributed by atoms with Gasteiger partial charge in [0.25, 0.3) is 0 Å². The largest absolute Gasteiger partial charge is 0.457 e. The molecule has 0 atom stereocenters. The van der Waals surface area contributed by atoms with Crippen LogP contribution in [0, 0.1) is 3.57 Å². The SMILES string of the molecule is COCCNCc1ccc(Br)cc1Oc1cccc(I)c1. The Hall–Kier alpha value is -0.630. The van der Waals surface area contributed by atoms with Gasteiger partial charge in [0.05, 0.1) is 6.61 Å². The Morgan fingerprint density at radius 2 is 2.05 bits per heavy atom. The van der Waals surface area contributed by atoms with Crippen molar-refractivity contribution in [3.63, 3.8) is 0 Å². The molecular formula is C16H17BrINO2. The highest BCUT2D eigenvalue weighted by Crippen LogP contribution is 2.29. The molecule has 5 heteroatoms. The van der Waals surface area contributed by atoms with Gasteiger partial charge in [0.15, 0.2) is 0 Å². The first-order chi connectivity index (χ1) is 10.2. The molecule has 21 heavy (non-hydrogen) atoms. The molecule has 0 radical (unpaired) electrons. The van der Waals surface area contributed by atoms with Crippen LogP contribution in [0.5, 0.6) is 11.5 Å². The van der Waals surface area contributed by atoms with Gasteiger partial charge in [-0.25, -0.2) is 0 Å². The predicted molar refractivity (Wildman–Crippen MR) is 97.0 cm³/mol. The first-order valence-electron chi connectivity index (χ1n) is 6.60. The molecule has 0 aliphatic rings. The van der Waals surface area contributed by atoms with Gasteiger partial charge in [-0.2, -0.15) is 0 Å². The van der Waals surface area contributed by atoms with Crippen LogP contribution < -0.4 is 10.1 Å². The molecule has 0 amide bonds. The van der Waals surface area contributed by atoms with E-state index >= 15 is 0 Å². The van der Waals surface area contributed by atoms with E-state index in [1.807, 2.05) is 36.4 Å². The topological polar surface area (TPSA) is 30.5 Å². The van der Waals surface area contributed by atoms with Crippen LogP contribution >= 0.6 is 38.5 Å². The number of benzene rings is 2. The molecule has 0 spiro atoms. The minimum atomic E-state index is 0.698. The molecule has 3 nitrogen and oxygen atoms in total. The van der Waals surface area contributed by atoms with E-state index in [1.54, 1.807) is 7.11 Å². The summed E-state index contributed by atoms with van der Waals surface area (Å²) in [6.45, 7) is 2.26. The van der Waals surface area contributed by atoms with Gasteiger partial charge in [0.1, 0.15) is 11.5 Å². The third-order valence-electron chi connectivity index (χ3n) is 2.85. The molecule has 0 unspecified atom stereocenters. The van der Waals surface area contributed by atoms with Crippen LogP contribution in [0.3, 0.4) is 0 Å². The maximum Gasteiger partial charge on any atom is 0.133 e. The van der Waals surface area contributed by atoms with Crippen LogP contribution in [0.2, 0.25) is 0 Å². The summed E-state index contributed by atoms with van der Waals surface area (Å²) in [6.07, 6.45) is 0. The van der Waals surface area contributed by atoms with E-state index in [4.69, 9.17) is 9.47 Å². The number of rotatable bonds is 7. The summed E-state index contributed by atoms with van der Waals surface area (Å²) in [6, 6.07) is 14.1. The van der Waals surface area contributed by atoms with Crippen molar-refractivity contribution in [2.75, 3.05) is 20.3 Å². The van der Waals surface area contributed by atoms with Gasteiger partial charge in [-0.3, -0.25) is 0 Å². The fraction of sp³-hybridized carbons (Fsp3) is 0.250. The molecule has 0 saturated heterocycles. The third kappa shape index (κ3) is 5.58. The monoisotopic (exact) mass is 461 g/mol. The Balaban J connectivity index is 2.11. The average molecular weight is 462 g/mol. The number of hydrogen-bond acceptors (Lipinski definition) is 3. The quantitative estimate of drug-likeness (QED) is 0.483. The second-order valence-corrected chi connectivity index (χ2v) is 6.64. The van der Waals surface area contributed by atoms with Crippen LogP contribution in [0.25, 0.3) is 0 Å². The van der Waals surface area contributed by atoms with E-state index in [2.05, 4.69) is 49.9 Å². The zero-order valence-electron chi connectivity index (χ0n) is 11.7. The van der Waals surface area contributed by atoms with Crippen molar-refractivity contribution in [3.8, 4) is 11.5 Å². The number of hydrogen-bond donors (Lipinski definition) is 1. The summed E-state index contributed by atoms with van der Waals surface area (Å²) < 4.78 is 13.2. The lowest BCUT2D eigenvalue weighted by Crippen LogP contribution is -2.18. The lowest BCUT2D eigenvalue weighted by atomic mass is 10.2. The minimum absolute atomic E-state index is 0.698. The molecule has 2 rings (SSSR count). The van der Waals surface area contributed by atoms with Crippen molar-refractivity contribution in [1.82, 2.24) is 5.32 Å². The second kappa shape index (κ2) is 8.73. The first-order valence-corrected chi connectivity index (χ1v) is 8.47. The van der Waals surface area contributed by atoms with Gasteiger partial charge in [-0.05, 0) is 52.9 Å². The molecule has 0 aliphatic heterocycles. The summed E-state index contributed by atoms with van der Waals surface area (Å²) in [4.78, 5) is 0. The Kier molecular flexibility index (Phi) is 6.95. The van der Waals surface area contributed by atoms with Crippen molar-refractivity contribution in [3.05, 3.63) is 56.1 Å². The van der Waals surface area contributed by atoms with Gasteiger partial charge in [0.2, 0.25) is 0 Å². The van der Waals surface area contributed by atoms with E-state index in [1.165, 1.54) is 0 Å². The summed E-state index contributed by atoms with van der Waals surface area (Å²) >= 11 is 5.78. The van der Waals surface area contributed by atoms with E-state index in [0.717, 1.165) is 38.2 Å². The summed E-state index contributed by atoms with van der Waals surface area (Å²) in [5, 5.41) is 3.34. The minimum Gasteiger partial charge on any atom is -0.457 e. The van der Waals surface area contributed by atoms with Gasteiger partial charge in [-0.1, -0.05) is 28.1 Å². The van der Waals surface area contributed by atoms with Crippen molar-refractivity contribution in [1.29, 1.82) is 0 Å². The summed E-state index contributed by atoms with van der Waals surface area (Å²) in [5.41, 5.74) is 1.12. The molecule has 2 aromatic rings. The number of methoxy groups -OCH3 is 1. The Bertz CT molecular complexity index is 592. The van der Waals surface area contributed by atoms with Crippen molar-refractivity contribution >= 4 is 38.5 Å². The molecule has 2 aromatic carbocycles. The molecule has 0 fully saturated rings. The Morgan fingerprint density at radius 1 is 1.19 bits per heavy atom. The number of halogens is 2. The van der Waals surface area contributed by atoms with Crippen molar-refractivity contribution in [2.24, 2.45) is 0 Å². The van der Waals surface area contributed by atoms with Crippen LogP contribution in [-0.4, -0.2) is 20.3 Å². The van der Waals surface area contributed by atoms with Crippen LogP contribution in [0.4, 0.5) is 0 Å². The maximum atomic E-state index is 6.02. The zero-order chi connectivity index (χ0) is 15.1. The summed E-state index contributed by atoms with van der Waals surface area (Å²) in [7, 11) is 1.70. The highest BCUT2D eigenvalue weighted by atomic mass is 127. The smallest absolute Gasteiger partial charge is 0.133 e. The Labute approximate surface area is 147 Å². The van der Waals surface area contributed by atoms with Crippen LogP contribution in [0.15, 0.2) is 46.9 Å². The first kappa shape index (κ1) is 16.7. The van der Waals surface area contributed by atoms with Gasteiger partial charge < -0.3 is 14.8 Å². The maximum absolute atomic E-state index is 6.02. The van der Waals surface area contributed by atoms with E-state index in [0.29, 0.717) is 6.61 Å². The predicted octanol–water partition coefficient (Wildman–Crippen LogP) is 4.58. The van der Waals surface area contributed by atoms with Crippen molar-refractivity contribution < 1.29 is 9.47 Å². The number of ether oxygens (including phenoxy) is 2. The molecule has 0 aromatic heterocycles. The van der Waals surface area contributed by atoms with E-state index < -0.39 is 0 Å². The molecule has 112 valence electrons. The van der Waals surface area contributed by atoms with Gasteiger partial charge in [0, 0.05) is 33.8 Å². The average Bonchev–Trinajstić information content (AvgIpc) is 2.45. The second-order valence-electron chi connectivity index (χ2n) is 4.48. The molecule has 0 saturated carbocycles. The highest BCUT2D eigenvalue weighted by Gasteiger charge is 2.06. The van der Waals surface area contributed by atoms with E-state index in [-0.39, 0.29) is 0 Å². The third-order valence-corrected chi connectivity index (χ3v) is 4.02. The molecular weight excluding hydrogens is 445 g/mol. The lowest BCUT2D eigenvalue weighted by molar-refractivity contribution is 0.199. The fourth-order valence-corrected chi connectivity index (χ4v) is 2.68.